The van der Waals surface area contributed by atoms with Gasteiger partial charge in [0.05, 0.1) is 23.0 Å². The molecule has 1 saturated carbocycles. The van der Waals surface area contributed by atoms with Gasteiger partial charge >= 0.3 is 6.55 Å². The third kappa shape index (κ3) is 3.13. The first-order chi connectivity index (χ1) is 12.1. The minimum Gasteiger partial charge on any atom is -0.346 e. The molecule has 1 aliphatic carbocycles. The van der Waals surface area contributed by atoms with Crippen molar-refractivity contribution in [1.29, 1.82) is 0 Å². The van der Waals surface area contributed by atoms with Gasteiger partial charge in [-0.1, -0.05) is 37.6 Å². The van der Waals surface area contributed by atoms with Gasteiger partial charge in [-0.25, -0.2) is 4.98 Å². The van der Waals surface area contributed by atoms with Crippen molar-refractivity contribution in [2.24, 2.45) is 17.3 Å². The number of imidazole rings is 1. The quantitative estimate of drug-likeness (QED) is 0.774. The zero-order chi connectivity index (χ0) is 19.2. The molecule has 0 saturated heterocycles. The van der Waals surface area contributed by atoms with Crippen LogP contribution in [0.2, 0.25) is 0 Å². The van der Waals surface area contributed by atoms with Crippen LogP contribution in [0.1, 0.15) is 53.0 Å². The van der Waals surface area contributed by atoms with E-state index in [1.165, 1.54) is 5.57 Å². The number of aromatic nitrogens is 2. The van der Waals surface area contributed by atoms with Crippen LogP contribution in [0.4, 0.5) is 8.78 Å². The van der Waals surface area contributed by atoms with Crippen LogP contribution in [0.25, 0.3) is 11.0 Å². The molecule has 1 aromatic heterocycles. The molecular formula is C20H25F2N3O. The van der Waals surface area contributed by atoms with E-state index in [2.05, 4.69) is 30.2 Å². The van der Waals surface area contributed by atoms with Crippen molar-refractivity contribution in [3.8, 4) is 0 Å². The van der Waals surface area contributed by atoms with Gasteiger partial charge in [-0.15, -0.1) is 0 Å². The number of carbonyl (C=O) groups excluding carboxylic acids is 1. The van der Waals surface area contributed by atoms with Gasteiger partial charge < -0.3 is 5.32 Å². The van der Waals surface area contributed by atoms with Crippen molar-refractivity contribution in [1.82, 2.24) is 14.9 Å². The summed E-state index contributed by atoms with van der Waals surface area (Å²) in [5.74, 6) is 0.0856. The number of benzene rings is 1. The standard InChI is InChI=1S/C20H25F2N3O/c1-11(2)10-13-16(20(13,4)5)18(26)23-12(3)17-24-14-8-6-7-9-15(14)25(17)19(21)22/h6-10,12-13,16,19H,1-5H3,(H,23,26). The van der Waals surface area contributed by atoms with E-state index in [-0.39, 0.29) is 29.0 Å². The Morgan fingerprint density at radius 1 is 1.31 bits per heavy atom. The number of para-hydroxylation sites is 2. The normalized spacial score (nSPS) is 22.3. The topological polar surface area (TPSA) is 46.9 Å². The summed E-state index contributed by atoms with van der Waals surface area (Å²) in [5, 5.41) is 2.89. The zero-order valence-corrected chi connectivity index (χ0v) is 15.8. The molecule has 1 amide bonds. The lowest BCUT2D eigenvalue weighted by atomic mass is 10.1. The molecule has 26 heavy (non-hydrogen) atoms. The number of hydrogen-bond donors (Lipinski definition) is 1. The summed E-state index contributed by atoms with van der Waals surface area (Å²) in [6.45, 7) is 7.12. The van der Waals surface area contributed by atoms with Gasteiger partial charge in [0, 0.05) is 0 Å². The molecule has 4 nitrogen and oxygen atoms in total. The number of nitrogens with one attached hydrogen (secondary N) is 1. The summed E-state index contributed by atoms with van der Waals surface area (Å²) >= 11 is 0. The van der Waals surface area contributed by atoms with Crippen molar-refractivity contribution < 1.29 is 13.6 Å². The molecule has 0 radical (unpaired) electrons. The second-order valence-corrected chi connectivity index (χ2v) is 7.91. The van der Waals surface area contributed by atoms with Gasteiger partial charge in [0.15, 0.2) is 0 Å². The number of halogens is 2. The first-order valence-electron chi connectivity index (χ1n) is 8.85. The highest BCUT2D eigenvalue weighted by Crippen LogP contribution is 2.59. The molecule has 140 valence electrons. The van der Waals surface area contributed by atoms with Gasteiger partial charge in [-0.05, 0) is 44.2 Å². The molecular weight excluding hydrogens is 336 g/mol. The summed E-state index contributed by atoms with van der Waals surface area (Å²) in [6, 6.07) is 6.16. The van der Waals surface area contributed by atoms with Crippen LogP contribution in [0.3, 0.4) is 0 Å². The van der Waals surface area contributed by atoms with E-state index in [0.717, 1.165) is 4.57 Å². The first kappa shape index (κ1) is 18.5. The molecule has 0 bridgehead atoms. The van der Waals surface area contributed by atoms with E-state index >= 15 is 0 Å². The molecule has 3 atom stereocenters. The van der Waals surface area contributed by atoms with Crippen molar-refractivity contribution in [3.63, 3.8) is 0 Å². The average Bonchev–Trinajstić information content (AvgIpc) is 2.92. The van der Waals surface area contributed by atoms with Gasteiger partial charge in [0.25, 0.3) is 0 Å². The maximum absolute atomic E-state index is 13.6. The van der Waals surface area contributed by atoms with Gasteiger partial charge in [-0.2, -0.15) is 8.78 Å². The van der Waals surface area contributed by atoms with E-state index in [1.54, 1.807) is 31.2 Å². The summed E-state index contributed by atoms with van der Waals surface area (Å²) in [5.41, 5.74) is 1.92. The number of carbonyl (C=O) groups is 1. The molecule has 1 aromatic carbocycles. The molecule has 0 spiro atoms. The third-order valence-electron chi connectivity index (χ3n) is 5.27. The summed E-state index contributed by atoms with van der Waals surface area (Å²) in [7, 11) is 0. The Morgan fingerprint density at radius 3 is 2.58 bits per heavy atom. The molecule has 2 aromatic rings. The van der Waals surface area contributed by atoms with Crippen molar-refractivity contribution >= 4 is 16.9 Å². The van der Waals surface area contributed by atoms with Crippen LogP contribution < -0.4 is 5.32 Å². The summed E-state index contributed by atoms with van der Waals surface area (Å²) in [6.07, 6.45) is 2.11. The Balaban J connectivity index is 1.84. The number of allylic oxidation sites excluding steroid dienone is 2. The van der Waals surface area contributed by atoms with E-state index in [1.807, 2.05) is 13.8 Å². The van der Waals surface area contributed by atoms with Crippen LogP contribution in [-0.4, -0.2) is 15.5 Å². The Hall–Kier alpha value is -2.24. The molecule has 1 fully saturated rings. The fourth-order valence-electron chi connectivity index (χ4n) is 3.79. The van der Waals surface area contributed by atoms with Crippen molar-refractivity contribution in [2.45, 2.75) is 47.2 Å². The predicted molar refractivity (Wildman–Crippen MR) is 97.7 cm³/mol. The number of hydrogen-bond acceptors (Lipinski definition) is 2. The van der Waals surface area contributed by atoms with Crippen LogP contribution in [-0.2, 0) is 4.79 Å². The summed E-state index contributed by atoms with van der Waals surface area (Å²) in [4.78, 5) is 17.1. The lowest BCUT2D eigenvalue weighted by Gasteiger charge is -2.16. The molecule has 6 heteroatoms. The minimum atomic E-state index is -2.72. The zero-order valence-electron chi connectivity index (χ0n) is 15.8. The SMILES string of the molecule is CC(C)=CC1C(C(=O)NC(C)c2nc3ccccc3n2C(F)F)C1(C)C. The molecule has 1 heterocycles. The second-order valence-electron chi connectivity index (χ2n) is 7.91. The van der Waals surface area contributed by atoms with Gasteiger partial charge in [0.1, 0.15) is 5.82 Å². The predicted octanol–water partition coefficient (Wildman–Crippen LogP) is 4.85. The van der Waals surface area contributed by atoms with E-state index in [4.69, 9.17) is 0 Å². The largest absolute Gasteiger partial charge is 0.346 e. The highest BCUT2D eigenvalue weighted by molar-refractivity contribution is 5.84. The third-order valence-corrected chi connectivity index (χ3v) is 5.27. The molecule has 3 rings (SSSR count). The number of amides is 1. The molecule has 1 N–H and O–H groups in total. The highest BCUT2D eigenvalue weighted by Gasteiger charge is 2.60. The Labute approximate surface area is 152 Å². The maximum atomic E-state index is 13.6. The molecule has 1 aliphatic rings. The lowest BCUT2D eigenvalue weighted by molar-refractivity contribution is -0.123. The van der Waals surface area contributed by atoms with Crippen LogP contribution >= 0.6 is 0 Å². The van der Waals surface area contributed by atoms with Gasteiger partial charge in [-0.3, -0.25) is 9.36 Å². The highest BCUT2D eigenvalue weighted by atomic mass is 19.3. The van der Waals surface area contributed by atoms with E-state index in [9.17, 15) is 13.6 Å². The number of fused-ring (bicyclic) bond motifs is 1. The second kappa shape index (κ2) is 6.49. The fraction of sp³-hybridized carbons (Fsp3) is 0.500. The van der Waals surface area contributed by atoms with Crippen molar-refractivity contribution in [3.05, 3.63) is 41.7 Å². The monoisotopic (exact) mass is 361 g/mol. The first-order valence-corrected chi connectivity index (χ1v) is 8.85. The lowest BCUT2D eigenvalue weighted by Crippen LogP contribution is -2.31. The number of alkyl halides is 2. The van der Waals surface area contributed by atoms with Crippen LogP contribution in [0.5, 0.6) is 0 Å². The molecule has 0 aliphatic heterocycles. The van der Waals surface area contributed by atoms with E-state index in [0.29, 0.717) is 11.0 Å². The Morgan fingerprint density at radius 2 is 1.96 bits per heavy atom. The number of nitrogens with zero attached hydrogens (tertiary/aromatic N) is 2. The molecule has 3 unspecified atom stereocenters. The minimum absolute atomic E-state index is 0.113. The summed E-state index contributed by atoms with van der Waals surface area (Å²) < 4.78 is 28.1. The smallest absolute Gasteiger partial charge is 0.320 e. The van der Waals surface area contributed by atoms with Crippen molar-refractivity contribution in [2.75, 3.05) is 0 Å². The van der Waals surface area contributed by atoms with Crippen LogP contribution in [0.15, 0.2) is 35.9 Å². The van der Waals surface area contributed by atoms with Crippen LogP contribution in [0, 0.1) is 17.3 Å². The Bertz CT molecular complexity index is 865. The maximum Gasteiger partial charge on any atom is 0.320 e. The number of rotatable bonds is 5. The fourth-order valence-corrected chi connectivity index (χ4v) is 3.79. The van der Waals surface area contributed by atoms with E-state index < -0.39 is 12.6 Å². The average molecular weight is 361 g/mol. The Kier molecular flexibility index (Phi) is 4.63. The van der Waals surface area contributed by atoms with Gasteiger partial charge in [0.2, 0.25) is 5.91 Å².